The standard InChI is InChI=1S/C32H28F3N3O4/c1-2-36-19-24-25-26(29(41)37(28(25)40)18-21-11-7-4-8-12-21)31(30(36)42,17-20-9-5-3-6-10-20)38(24)27(39)22-13-15-23(16-14-22)32(33,34)35/h3-16,24-26H,2,17-19H2,1H3/t24?,25?,26?,31-/m1/s1. The van der Waals surface area contributed by atoms with Crippen molar-refractivity contribution in [3.8, 4) is 0 Å². The smallest absolute Gasteiger partial charge is 0.339 e. The molecule has 3 aliphatic heterocycles. The largest absolute Gasteiger partial charge is 0.416 e. The molecule has 7 nitrogen and oxygen atoms in total. The number of nitrogens with zero attached hydrogens (tertiary/aromatic N) is 3. The topological polar surface area (TPSA) is 78.0 Å². The van der Waals surface area contributed by atoms with Gasteiger partial charge in [0.05, 0.1) is 30.0 Å². The molecule has 4 amide bonds. The van der Waals surface area contributed by atoms with E-state index in [1.807, 2.05) is 6.07 Å². The summed E-state index contributed by atoms with van der Waals surface area (Å²) in [5.74, 6) is -4.21. The maximum absolute atomic E-state index is 14.4. The lowest BCUT2D eigenvalue weighted by atomic mass is 9.75. The Kier molecular flexibility index (Phi) is 6.67. The molecular formula is C32H28F3N3O4. The first-order chi connectivity index (χ1) is 20.1. The van der Waals surface area contributed by atoms with Crippen LogP contribution in [0.2, 0.25) is 0 Å². The molecule has 3 fully saturated rings. The number of imide groups is 1. The van der Waals surface area contributed by atoms with Crippen molar-refractivity contribution >= 4 is 23.6 Å². The molecule has 0 N–H and O–H groups in total. The number of carbonyl (C=O) groups excluding carboxylic acids is 4. The number of rotatable bonds is 6. The average molecular weight is 576 g/mol. The second kappa shape index (κ2) is 10.1. The van der Waals surface area contributed by atoms with Crippen LogP contribution in [0.25, 0.3) is 0 Å². The van der Waals surface area contributed by atoms with E-state index in [1.54, 1.807) is 66.4 Å². The van der Waals surface area contributed by atoms with Gasteiger partial charge < -0.3 is 9.80 Å². The van der Waals surface area contributed by atoms with E-state index in [0.29, 0.717) is 12.1 Å². The molecule has 216 valence electrons. The molecule has 0 radical (unpaired) electrons. The summed E-state index contributed by atoms with van der Waals surface area (Å²) in [5.41, 5.74) is -1.25. The van der Waals surface area contributed by atoms with E-state index in [1.165, 1.54) is 9.80 Å². The van der Waals surface area contributed by atoms with Gasteiger partial charge in [0.1, 0.15) is 5.54 Å². The van der Waals surface area contributed by atoms with Crippen molar-refractivity contribution in [2.75, 3.05) is 13.1 Å². The fourth-order valence-electron chi connectivity index (χ4n) is 6.91. The predicted octanol–water partition coefficient (Wildman–Crippen LogP) is 4.17. The summed E-state index contributed by atoms with van der Waals surface area (Å²) < 4.78 is 39.8. The maximum Gasteiger partial charge on any atom is 0.416 e. The Morgan fingerprint density at radius 2 is 1.45 bits per heavy atom. The summed E-state index contributed by atoms with van der Waals surface area (Å²) >= 11 is 0. The van der Waals surface area contributed by atoms with Crippen LogP contribution in [0.1, 0.15) is 34.0 Å². The quantitative estimate of drug-likeness (QED) is 0.414. The number of piperazine rings is 1. The molecule has 6 rings (SSSR count). The number of hydrogen-bond donors (Lipinski definition) is 0. The molecule has 3 aromatic carbocycles. The molecule has 0 saturated carbocycles. The van der Waals surface area contributed by atoms with Crippen molar-refractivity contribution in [3.63, 3.8) is 0 Å². The second-order valence-corrected chi connectivity index (χ2v) is 11.0. The van der Waals surface area contributed by atoms with Crippen LogP contribution in [0.3, 0.4) is 0 Å². The van der Waals surface area contributed by atoms with Crippen LogP contribution in [0, 0.1) is 11.8 Å². The van der Waals surface area contributed by atoms with Crippen LogP contribution < -0.4 is 0 Å². The van der Waals surface area contributed by atoms with Crippen LogP contribution in [0.4, 0.5) is 13.2 Å². The van der Waals surface area contributed by atoms with Gasteiger partial charge in [-0.25, -0.2) is 0 Å². The highest BCUT2D eigenvalue weighted by molar-refractivity contribution is 6.13. The first-order valence-electron chi connectivity index (χ1n) is 13.8. The highest BCUT2D eigenvalue weighted by Crippen LogP contribution is 2.54. The van der Waals surface area contributed by atoms with Gasteiger partial charge in [0.15, 0.2) is 0 Å². The SMILES string of the molecule is CCN1CC2C3C(=O)N(Cc4ccccc4)C(=O)C3[C@](Cc3ccccc3)(C1=O)N2C(=O)c1ccc(C(F)(F)F)cc1. The zero-order valence-electron chi connectivity index (χ0n) is 22.8. The maximum atomic E-state index is 14.4. The number of likely N-dealkylation sites (tertiary alicyclic amines) is 2. The molecular weight excluding hydrogens is 547 g/mol. The first kappa shape index (κ1) is 27.7. The molecule has 4 atom stereocenters. The Balaban J connectivity index is 1.48. The zero-order valence-corrected chi connectivity index (χ0v) is 22.8. The van der Waals surface area contributed by atoms with E-state index in [0.717, 1.165) is 29.8 Å². The molecule has 0 spiro atoms. The highest BCUT2D eigenvalue weighted by atomic mass is 19.4. The van der Waals surface area contributed by atoms with Crippen molar-refractivity contribution in [3.05, 3.63) is 107 Å². The van der Waals surface area contributed by atoms with Crippen molar-refractivity contribution in [1.82, 2.24) is 14.7 Å². The van der Waals surface area contributed by atoms with Gasteiger partial charge in [0.2, 0.25) is 17.7 Å². The monoisotopic (exact) mass is 575 g/mol. The fraction of sp³-hybridized carbons (Fsp3) is 0.312. The molecule has 0 aromatic heterocycles. The van der Waals surface area contributed by atoms with E-state index in [9.17, 15) is 32.3 Å². The normalized spacial score (nSPS) is 25.3. The van der Waals surface area contributed by atoms with Crippen LogP contribution in [-0.2, 0) is 33.5 Å². The molecule has 3 unspecified atom stereocenters. The highest BCUT2D eigenvalue weighted by Gasteiger charge is 2.75. The molecule has 0 aliphatic carbocycles. The molecule has 10 heteroatoms. The summed E-state index contributed by atoms with van der Waals surface area (Å²) in [7, 11) is 0. The summed E-state index contributed by atoms with van der Waals surface area (Å²) in [6.07, 6.45) is -4.61. The number of carbonyl (C=O) groups is 4. The van der Waals surface area contributed by atoms with Gasteiger partial charge in [-0.05, 0) is 42.3 Å². The lowest BCUT2D eigenvalue weighted by Crippen LogP contribution is -2.70. The Bertz CT molecular complexity index is 1540. The van der Waals surface area contributed by atoms with E-state index < -0.39 is 58.8 Å². The van der Waals surface area contributed by atoms with E-state index in [2.05, 4.69) is 0 Å². The number of alkyl halides is 3. The van der Waals surface area contributed by atoms with Crippen molar-refractivity contribution in [2.24, 2.45) is 11.8 Å². The number of halogens is 3. The van der Waals surface area contributed by atoms with Crippen molar-refractivity contribution < 1.29 is 32.3 Å². The predicted molar refractivity (Wildman–Crippen MR) is 146 cm³/mol. The van der Waals surface area contributed by atoms with Crippen LogP contribution in [-0.4, -0.2) is 63.0 Å². The van der Waals surface area contributed by atoms with Crippen LogP contribution >= 0.6 is 0 Å². The Morgan fingerprint density at radius 1 is 0.857 bits per heavy atom. The minimum atomic E-state index is -4.59. The molecule has 3 aliphatic rings. The Hall–Kier alpha value is -4.47. The van der Waals surface area contributed by atoms with Crippen LogP contribution in [0.15, 0.2) is 84.9 Å². The lowest BCUT2D eigenvalue weighted by molar-refractivity contribution is -0.156. The van der Waals surface area contributed by atoms with Gasteiger partial charge in [-0.15, -0.1) is 0 Å². The average Bonchev–Trinajstić information content (AvgIpc) is 3.37. The van der Waals surface area contributed by atoms with E-state index >= 15 is 0 Å². The minimum absolute atomic E-state index is 0.0224. The molecule has 3 aromatic rings. The fourth-order valence-corrected chi connectivity index (χ4v) is 6.91. The van der Waals surface area contributed by atoms with E-state index in [-0.39, 0.29) is 25.1 Å². The Labute approximate surface area is 240 Å². The van der Waals surface area contributed by atoms with Crippen molar-refractivity contribution in [1.29, 1.82) is 0 Å². The number of benzene rings is 3. The van der Waals surface area contributed by atoms with Gasteiger partial charge in [0.25, 0.3) is 5.91 Å². The lowest BCUT2D eigenvalue weighted by Gasteiger charge is -2.49. The van der Waals surface area contributed by atoms with Gasteiger partial charge >= 0.3 is 6.18 Å². The minimum Gasteiger partial charge on any atom is -0.339 e. The molecule has 42 heavy (non-hydrogen) atoms. The summed E-state index contributed by atoms with van der Waals surface area (Å²) in [5, 5.41) is 0. The van der Waals surface area contributed by atoms with Gasteiger partial charge in [0, 0.05) is 25.1 Å². The third-order valence-corrected chi connectivity index (χ3v) is 8.76. The van der Waals surface area contributed by atoms with Crippen LogP contribution in [0.5, 0.6) is 0 Å². The summed E-state index contributed by atoms with van der Waals surface area (Å²) in [4.78, 5) is 61.0. The number of hydrogen-bond acceptors (Lipinski definition) is 4. The van der Waals surface area contributed by atoms with Gasteiger partial charge in [-0.2, -0.15) is 13.2 Å². The third kappa shape index (κ3) is 4.19. The van der Waals surface area contributed by atoms with E-state index in [4.69, 9.17) is 0 Å². The van der Waals surface area contributed by atoms with Gasteiger partial charge in [-0.1, -0.05) is 60.7 Å². The second-order valence-electron chi connectivity index (χ2n) is 11.0. The summed E-state index contributed by atoms with van der Waals surface area (Å²) in [6.45, 7) is 2.18. The number of amides is 4. The number of likely N-dealkylation sites (N-methyl/N-ethyl adjacent to an activating group) is 1. The third-order valence-electron chi connectivity index (χ3n) is 8.76. The zero-order chi connectivity index (χ0) is 29.8. The molecule has 3 saturated heterocycles. The first-order valence-corrected chi connectivity index (χ1v) is 13.8. The molecule has 2 bridgehead atoms. The number of fused-ring (bicyclic) bond motifs is 5. The van der Waals surface area contributed by atoms with Gasteiger partial charge in [-0.3, -0.25) is 24.1 Å². The van der Waals surface area contributed by atoms with Crippen molar-refractivity contribution in [2.45, 2.75) is 37.6 Å². The molecule has 3 heterocycles. The summed E-state index contributed by atoms with van der Waals surface area (Å²) in [6, 6.07) is 21.0. The Morgan fingerprint density at radius 3 is 2.02 bits per heavy atom.